The third-order valence-corrected chi connectivity index (χ3v) is 12.3. The summed E-state index contributed by atoms with van der Waals surface area (Å²) in [7, 11) is 0. The van der Waals surface area contributed by atoms with Crippen LogP contribution in [-0.2, 0) is 0 Å². The molecule has 0 aliphatic carbocycles. The number of pyridine rings is 2. The van der Waals surface area contributed by atoms with E-state index in [2.05, 4.69) is 163 Å². The number of hydrogen-bond donors (Lipinski definition) is 0. The molecule has 0 N–H and O–H groups in total. The summed E-state index contributed by atoms with van der Waals surface area (Å²) in [6.07, 6.45) is 3.64. The molecule has 0 amide bonds. The minimum absolute atomic E-state index is 0.778. The van der Waals surface area contributed by atoms with E-state index in [0.29, 0.717) is 0 Å². The van der Waals surface area contributed by atoms with Gasteiger partial charge in [0.15, 0.2) is 5.58 Å². The highest BCUT2D eigenvalue weighted by molar-refractivity contribution is 7.25. The first kappa shape index (κ1) is 32.0. The van der Waals surface area contributed by atoms with Crippen molar-refractivity contribution in [1.82, 2.24) is 9.97 Å². The number of fused-ring (bicyclic) bond motifs is 9. The second-order valence-corrected chi connectivity index (χ2v) is 15.7. The maximum atomic E-state index is 6.32. The third kappa shape index (κ3) is 5.35. The van der Waals surface area contributed by atoms with Gasteiger partial charge < -0.3 is 8.83 Å². The van der Waals surface area contributed by atoms with Gasteiger partial charge >= 0.3 is 0 Å². The van der Waals surface area contributed by atoms with E-state index in [4.69, 9.17) is 13.8 Å². The van der Waals surface area contributed by atoms with Crippen molar-refractivity contribution < 1.29 is 8.83 Å². The molecule has 0 spiro atoms. The smallest absolute Gasteiger partial charge is 0.153 e. The molecule has 0 aliphatic heterocycles. The van der Waals surface area contributed by atoms with Gasteiger partial charge in [-0.05, 0) is 123 Å². The van der Waals surface area contributed by atoms with Crippen molar-refractivity contribution in [1.29, 1.82) is 0 Å². The Morgan fingerprint density at radius 3 is 1.61 bits per heavy atom. The van der Waals surface area contributed by atoms with Crippen LogP contribution in [0.1, 0.15) is 0 Å². The zero-order chi connectivity index (χ0) is 37.5. The summed E-state index contributed by atoms with van der Waals surface area (Å²) >= 11 is 1.84. The van der Waals surface area contributed by atoms with Gasteiger partial charge in [-0.15, -0.1) is 11.3 Å². The van der Waals surface area contributed by atoms with E-state index in [0.717, 1.165) is 88.6 Å². The largest absolute Gasteiger partial charge is 0.456 e. The molecule has 4 nitrogen and oxygen atoms in total. The van der Waals surface area contributed by atoms with Gasteiger partial charge in [-0.2, -0.15) is 0 Å². The van der Waals surface area contributed by atoms with Crippen LogP contribution >= 0.6 is 11.3 Å². The first-order chi connectivity index (χ1) is 28.2. The van der Waals surface area contributed by atoms with E-state index in [1.807, 2.05) is 29.7 Å². The molecule has 0 unspecified atom stereocenters. The summed E-state index contributed by atoms with van der Waals surface area (Å²) in [5.41, 5.74) is 15.4. The van der Waals surface area contributed by atoms with E-state index < -0.39 is 0 Å². The van der Waals surface area contributed by atoms with Crippen LogP contribution < -0.4 is 0 Å². The fourth-order valence-electron chi connectivity index (χ4n) is 8.31. The predicted molar refractivity (Wildman–Crippen MR) is 237 cm³/mol. The molecule has 0 bridgehead atoms. The molecule has 5 heteroatoms. The summed E-state index contributed by atoms with van der Waals surface area (Å²) in [6, 6.07) is 60.4. The lowest BCUT2D eigenvalue weighted by atomic mass is 9.95. The normalized spacial score (nSPS) is 11.9. The summed E-state index contributed by atoms with van der Waals surface area (Å²) in [4.78, 5) is 9.55. The predicted octanol–water partition coefficient (Wildman–Crippen LogP) is 15.0. The Balaban J connectivity index is 0.881. The topological polar surface area (TPSA) is 52.1 Å². The van der Waals surface area contributed by atoms with E-state index in [-0.39, 0.29) is 0 Å². The number of furan rings is 2. The Labute approximate surface area is 330 Å². The van der Waals surface area contributed by atoms with Crippen LogP contribution in [0.4, 0.5) is 0 Å². The first-order valence-electron chi connectivity index (χ1n) is 19.0. The Morgan fingerprint density at radius 1 is 0.351 bits per heavy atom. The van der Waals surface area contributed by atoms with Gasteiger partial charge in [-0.1, -0.05) is 91.0 Å². The number of nitrogens with zero attached hydrogens (tertiary/aromatic N) is 2. The molecule has 12 aromatic rings. The average molecular weight is 747 g/mol. The van der Waals surface area contributed by atoms with Crippen LogP contribution in [0, 0.1) is 0 Å². The molecule has 0 radical (unpaired) electrons. The Morgan fingerprint density at radius 2 is 0.877 bits per heavy atom. The Hall–Kier alpha value is -7.34. The number of hydrogen-bond acceptors (Lipinski definition) is 5. The molecule has 57 heavy (non-hydrogen) atoms. The molecule has 5 heterocycles. The minimum Gasteiger partial charge on any atom is -0.456 e. The summed E-state index contributed by atoms with van der Waals surface area (Å²) in [6.45, 7) is 0. The van der Waals surface area contributed by atoms with Gasteiger partial charge in [-0.3, -0.25) is 4.98 Å². The molecular weight excluding hydrogens is 717 g/mol. The van der Waals surface area contributed by atoms with E-state index in [9.17, 15) is 0 Å². The van der Waals surface area contributed by atoms with Gasteiger partial charge in [0.05, 0.1) is 5.69 Å². The van der Waals surface area contributed by atoms with Crippen LogP contribution in [0.5, 0.6) is 0 Å². The first-order valence-corrected chi connectivity index (χ1v) is 19.8. The number of rotatable bonds is 5. The van der Waals surface area contributed by atoms with Gasteiger partial charge in [0.1, 0.15) is 22.3 Å². The monoisotopic (exact) mass is 746 g/mol. The fourth-order valence-corrected chi connectivity index (χ4v) is 9.39. The minimum atomic E-state index is 0.778. The SMILES string of the molecule is c1cc(-c2cccc(-c3ccc4oc5ccc(-c6cccc(-c7ccc8sc9ccccc9c8c7)c6)nc5c4c3)c2)cc(-c2ccc3oc4ccncc4c3c2)c1. The maximum Gasteiger partial charge on any atom is 0.153 e. The Kier molecular flexibility index (Phi) is 7.06. The zero-order valence-corrected chi connectivity index (χ0v) is 31.3. The summed E-state index contributed by atoms with van der Waals surface area (Å²) in [5.74, 6) is 0. The highest BCUT2D eigenvalue weighted by Gasteiger charge is 2.14. The van der Waals surface area contributed by atoms with Crippen LogP contribution in [-0.4, -0.2) is 9.97 Å². The van der Waals surface area contributed by atoms with E-state index in [1.54, 1.807) is 6.20 Å². The van der Waals surface area contributed by atoms with Crippen LogP contribution in [0.15, 0.2) is 191 Å². The standard InChI is InChI=1S/C52H30N2O2S/c1-2-13-50-40(12-1)42-28-38(16-21-51(42)57-50)35-10-5-11-39(26-35)45-17-20-49-52(54-45)43-29-37(15-19-47(43)56-49)34-9-4-7-32(25-34)31-6-3-8-33(24-31)36-14-18-46-41(27-36)44-30-53-23-22-48(44)55-46/h1-30H. The van der Waals surface area contributed by atoms with E-state index in [1.165, 1.54) is 31.3 Å². The van der Waals surface area contributed by atoms with Crippen LogP contribution in [0.3, 0.4) is 0 Å². The van der Waals surface area contributed by atoms with Gasteiger partial charge in [0.25, 0.3) is 0 Å². The average Bonchev–Trinajstić information content (AvgIpc) is 3.96. The van der Waals surface area contributed by atoms with E-state index >= 15 is 0 Å². The number of aromatic nitrogens is 2. The lowest BCUT2D eigenvalue weighted by molar-refractivity contribution is 0.668. The molecule has 0 saturated carbocycles. The lowest BCUT2D eigenvalue weighted by Gasteiger charge is -2.09. The van der Waals surface area contributed by atoms with Crippen molar-refractivity contribution in [3.05, 3.63) is 182 Å². The van der Waals surface area contributed by atoms with Crippen molar-refractivity contribution in [2.24, 2.45) is 0 Å². The molecule has 7 aromatic carbocycles. The van der Waals surface area contributed by atoms with Gasteiger partial charge in [0.2, 0.25) is 0 Å². The lowest BCUT2D eigenvalue weighted by Crippen LogP contribution is -1.86. The molecule has 12 rings (SSSR count). The summed E-state index contributed by atoms with van der Waals surface area (Å²) in [5, 5.41) is 5.70. The maximum absolute atomic E-state index is 6.32. The molecule has 0 saturated heterocycles. The van der Waals surface area contributed by atoms with Crippen molar-refractivity contribution in [3.8, 4) is 55.8 Å². The van der Waals surface area contributed by atoms with Gasteiger partial charge in [0, 0.05) is 54.3 Å². The third-order valence-electron chi connectivity index (χ3n) is 11.2. The fraction of sp³-hybridized carbons (Fsp3) is 0. The zero-order valence-electron chi connectivity index (χ0n) is 30.4. The second kappa shape index (κ2) is 12.6. The highest BCUT2D eigenvalue weighted by Crippen LogP contribution is 2.39. The van der Waals surface area contributed by atoms with Crippen molar-refractivity contribution >= 4 is 75.5 Å². The van der Waals surface area contributed by atoms with Crippen LogP contribution in [0.2, 0.25) is 0 Å². The van der Waals surface area contributed by atoms with Crippen LogP contribution in [0.25, 0.3) is 120 Å². The molecule has 0 atom stereocenters. The quantitative estimate of drug-likeness (QED) is 0.176. The molecule has 0 aliphatic rings. The second-order valence-electron chi connectivity index (χ2n) is 14.6. The number of thiophene rings is 1. The van der Waals surface area contributed by atoms with Crippen molar-refractivity contribution in [2.75, 3.05) is 0 Å². The van der Waals surface area contributed by atoms with Gasteiger partial charge in [-0.25, -0.2) is 4.98 Å². The highest BCUT2D eigenvalue weighted by atomic mass is 32.1. The number of benzene rings is 7. The molecule has 266 valence electrons. The van der Waals surface area contributed by atoms with Crippen molar-refractivity contribution in [2.45, 2.75) is 0 Å². The van der Waals surface area contributed by atoms with Crippen molar-refractivity contribution in [3.63, 3.8) is 0 Å². The summed E-state index contributed by atoms with van der Waals surface area (Å²) < 4.78 is 15.0. The molecule has 0 fully saturated rings. The Bertz CT molecular complexity index is 3550. The molecular formula is C52H30N2O2S. The molecule has 5 aromatic heterocycles.